The normalized spacial score (nSPS) is 18.0. The lowest BCUT2D eigenvalue weighted by Crippen LogP contribution is -2.63. The first-order valence-electron chi connectivity index (χ1n) is 6.48. The predicted molar refractivity (Wildman–Crippen MR) is 73.5 cm³/mol. The average Bonchev–Trinajstić information content (AvgIpc) is 2.41. The molecule has 1 aliphatic heterocycles. The molecule has 2 N–H and O–H groups in total. The van der Waals surface area contributed by atoms with Gasteiger partial charge in [0.05, 0.1) is 0 Å². The third-order valence-electron chi connectivity index (χ3n) is 3.78. The van der Waals surface area contributed by atoms with E-state index in [9.17, 15) is 18.4 Å². The Morgan fingerprint density at radius 2 is 1.76 bits per heavy atom. The number of nitrogens with zero attached hydrogens (tertiary/aromatic N) is 2. The first-order chi connectivity index (χ1) is 9.66. The number of hydrogen-bond acceptors (Lipinski definition) is 3. The molecule has 1 aromatic rings. The molecule has 0 atom stereocenters. The van der Waals surface area contributed by atoms with Crippen LogP contribution in [0.2, 0.25) is 0 Å². The van der Waals surface area contributed by atoms with Crippen LogP contribution in [0.4, 0.5) is 14.5 Å². The Morgan fingerprint density at radius 3 is 2.29 bits per heavy atom. The van der Waals surface area contributed by atoms with Gasteiger partial charge in [0.15, 0.2) is 0 Å². The summed E-state index contributed by atoms with van der Waals surface area (Å²) >= 11 is 0. The molecule has 0 aliphatic carbocycles. The molecule has 0 unspecified atom stereocenters. The van der Waals surface area contributed by atoms with Gasteiger partial charge >= 0.3 is 0 Å². The van der Waals surface area contributed by atoms with E-state index < -0.39 is 28.8 Å². The summed E-state index contributed by atoms with van der Waals surface area (Å²) in [5.41, 5.74) is 3.33. The first-order valence-corrected chi connectivity index (χ1v) is 6.48. The van der Waals surface area contributed by atoms with Gasteiger partial charge < -0.3 is 15.5 Å². The molecule has 21 heavy (non-hydrogen) atoms. The van der Waals surface area contributed by atoms with E-state index in [4.69, 9.17) is 5.73 Å². The highest BCUT2D eigenvalue weighted by Gasteiger charge is 2.43. The number of nitrogen functional groups attached to an aromatic ring is 1. The summed E-state index contributed by atoms with van der Waals surface area (Å²) in [5, 5.41) is 0. The van der Waals surface area contributed by atoms with Crippen molar-refractivity contribution in [3.63, 3.8) is 0 Å². The monoisotopic (exact) mass is 297 g/mol. The smallest absolute Gasteiger partial charge is 0.255 e. The van der Waals surface area contributed by atoms with Crippen LogP contribution in [-0.2, 0) is 4.79 Å². The fraction of sp³-hybridized carbons (Fsp3) is 0.429. The van der Waals surface area contributed by atoms with Gasteiger partial charge in [0.1, 0.15) is 22.9 Å². The van der Waals surface area contributed by atoms with Crippen molar-refractivity contribution in [2.24, 2.45) is 0 Å². The summed E-state index contributed by atoms with van der Waals surface area (Å²) in [6.45, 7) is 3.87. The summed E-state index contributed by atoms with van der Waals surface area (Å²) < 4.78 is 27.0. The van der Waals surface area contributed by atoms with Crippen molar-refractivity contribution in [1.29, 1.82) is 0 Å². The van der Waals surface area contributed by atoms with Crippen LogP contribution in [0.5, 0.6) is 0 Å². The third-order valence-corrected chi connectivity index (χ3v) is 3.78. The highest BCUT2D eigenvalue weighted by molar-refractivity contribution is 5.99. The summed E-state index contributed by atoms with van der Waals surface area (Å²) in [7, 11) is 1.65. The molecule has 1 fully saturated rings. The average molecular weight is 297 g/mol. The number of likely N-dealkylation sites (N-methyl/N-ethyl adjacent to an activating group) is 1. The van der Waals surface area contributed by atoms with E-state index in [1.807, 2.05) is 0 Å². The number of halogens is 2. The Labute approximate surface area is 121 Å². The maximum atomic E-state index is 13.5. The topological polar surface area (TPSA) is 66.6 Å². The minimum absolute atomic E-state index is 0.162. The van der Waals surface area contributed by atoms with Crippen LogP contribution in [0.3, 0.4) is 0 Å². The van der Waals surface area contributed by atoms with Gasteiger partial charge in [-0.25, -0.2) is 8.78 Å². The van der Waals surface area contributed by atoms with Gasteiger partial charge in [-0.15, -0.1) is 0 Å². The number of nitrogens with two attached hydrogens (primary N) is 1. The zero-order valence-electron chi connectivity index (χ0n) is 12.1. The second kappa shape index (κ2) is 4.98. The molecule has 1 heterocycles. The first kappa shape index (κ1) is 15.2. The fourth-order valence-corrected chi connectivity index (χ4v) is 2.43. The van der Waals surface area contributed by atoms with E-state index in [0.29, 0.717) is 13.1 Å². The van der Waals surface area contributed by atoms with Crippen molar-refractivity contribution in [3.8, 4) is 0 Å². The van der Waals surface area contributed by atoms with Gasteiger partial charge in [-0.3, -0.25) is 9.59 Å². The molecule has 0 aromatic heterocycles. The van der Waals surface area contributed by atoms with Crippen molar-refractivity contribution >= 4 is 17.5 Å². The molecule has 0 saturated carbocycles. The van der Waals surface area contributed by atoms with Gasteiger partial charge in [0.25, 0.3) is 5.91 Å². The predicted octanol–water partition coefficient (Wildman–Crippen LogP) is 1.24. The van der Waals surface area contributed by atoms with E-state index in [-0.39, 0.29) is 11.5 Å². The van der Waals surface area contributed by atoms with Crippen molar-refractivity contribution in [1.82, 2.24) is 9.80 Å². The second-order valence-electron chi connectivity index (χ2n) is 5.60. The number of amides is 2. The highest BCUT2D eigenvalue weighted by Crippen LogP contribution is 2.25. The summed E-state index contributed by atoms with van der Waals surface area (Å²) in [4.78, 5) is 27.5. The Balaban J connectivity index is 2.38. The molecule has 2 rings (SSSR count). The van der Waals surface area contributed by atoms with E-state index in [2.05, 4.69) is 0 Å². The lowest BCUT2D eigenvalue weighted by atomic mass is 9.96. The van der Waals surface area contributed by atoms with Crippen LogP contribution in [0.15, 0.2) is 12.1 Å². The van der Waals surface area contributed by atoms with E-state index in [1.165, 1.54) is 9.80 Å². The molecule has 1 aliphatic rings. The van der Waals surface area contributed by atoms with Gasteiger partial charge in [-0.1, -0.05) is 0 Å². The molecule has 7 heteroatoms. The quantitative estimate of drug-likeness (QED) is 0.793. The number of anilines is 1. The van der Waals surface area contributed by atoms with Crippen LogP contribution in [0, 0.1) is 11.6 Å². The van der Waals surface area contributed by atoms with E-state index >= 15 is 0 Å². The van der Waals surface area contributed by atoms with Gasteiger partial charge in [-0.2, -0.15) is 0 Å². The van der Waals surface area contributed by atoms with Crippen molar-refractivity contribution in [3.05, 3.63) is 29.3 Å². The van der Waals surface area contributed by atoms with Gasteiger partial charge in [-0.05, 0) is 26.0 Å². The fourth-order valence-electron chi connectivity index (χ4n) is 2.43. The zero-order valence-corrected chi connectivity index (χ0v) is 12.1. The molecule has 0 spiro atoms. The van der Waals surface area contributed by atoms with Gasteiger partial charge in [0, 0.05) is 25.7 Å². The molecule has 1 aromatic carbocycles. The number of carbonyl (C=O) groups is 2. The maximum absolute atomic E-state index is 13.5. The lowest BCUT2D eigenvalue weighted by Gasteiger charge is -2.44. The molecule has 0 radical (unpaired) electrons. The van der Waals surface area contributed by atoms with Crippen LogP contribution in [0.25, 0.3) is 0 Å². The minimum atomic E-state index is -1.07. The number of rotatable bonds is 1. The highest BCUT2D eigenvalue weighted by atomic mass is 19.1. The molecule has 2 amide bonds. The zero-order chi connectivity index (χ0) is 15.9. The molecule has 114 valence electrons. The van der Waals surface area contributed by atoms with Crippen LogP contribution < -0.4 is 5.73 Å². The van der Waals surface area contributed by atoms with Crippen molar-refractivity contribution < 1.29 is 18.4 Å². The number of carbonyl (C=O) groups excluding carboxylic acids is 2. The Morgan fingerprint density at radius 1 is 1.24 bits per heavy atom. The van der Waals surface area contributed by atoms with E-state index in [0.717, 1.165) is 12.1 Å². The largest absolute Gasteiger partial charge is 0.394 e. The maximum Gasteiger partial charge on any atom is 0.255 e. The summed E-state index contributed by atoms with van der Waals surface area (Å²) in [5.74, 6) is -2.80. The number of hydrogen-bond donors (Lipinski definition) is 1. The molecule has 0 bridgehead atoms. The van der Waals surface area contributed by atoms with E-state index in [1.54, 1.807) is 20.9 Å². The Bertz CT molecular complexity index is 593. The molecular formula is C14H17F2N3O2. The van der Waals surface area contributed by atoms with Gasteiger partial charge in [0.2, 0.25) is 5.91 Å². The van der Waals surface area contributed by atoms with Crippen LogP contribution >= 0.6 is 0 Å². The summed E-state index contributed by atoms with van der Waals surface area (Å²) in [6, 6.07) is 1.78. The third kappa shape index (κ3) is 2.43. The summed E-state index contributed by atoms with van der Waals surface area (Å²) in [6.07, 6.45) is 0. The van der Waals surface area contributed by atoms with Crippen molar-refractivity contribution in [2.75, 3.05) is 25.9 Å². The molecule has 1 saturated heterocycles. The second-order valence-corrected chi connectivity index (χ2v) is 5.60. The Kier molecular flexibility index (Phi) is 3.61. The minimum Gasteiger partial charge on any atom is -0.394 e. The standard InChI is InChI=1S/C14H17F2N3O2/c1-14(2)13(21)18(3)4-5-19(14)12(20)8-6-9(15)11(17)10(16)7-8/h6-7H,4-5,17H2,1-3H3. The molecule has 5 nitrogen and oxygen atoms in total. The number of benzene rings is 1. The Hall–Kier alpha value is -2.18. The van der Waals surface area contributed by atoms with Crippen LogP contribution in [-0.4, -0.2) is 47.3 Å². The SMILES string of the molecule is CN1CCN(C(=O)c2cc(F)c(N)c(F)c2)C(C)(C)C1=O. The lowest BCUT2D eigenvalue weighted by molar-refractivity contribution is -0.144. The molecular weight excluding hydrogens is 280 g/mol. The van der Waals surface area contributed by atoms with Crippen molar-refractivity contribution in [2.45, 2.75) is 19.4 Å². The van der Waals surface area contributed by atoms with Crippen LogP contribution in [0.1, 0.15) is 24.2 Å². The number of piperazine rings is 1.